The van der Waals surface area contributed by atoms with Gasteiger partial charge in [-0.25, -0.2) is 0 Å². The molecule has 1 aromatic carbocycles. The number of hydrogen-bond donors (Lipinski definition) is 1. The Hall–Kier alpha value is -1.23. The van der Waals surface area contributed by atoms with Crippen molar-refractivity contribution in [2.75, 3.05) is 40.9 Å². The van der Waals surface area contributed by atoms with Crippen molar-refractivity contribution >= 4 is 11.6 Å². The third-order valence-electron chi connectivity index (χ3n) is 2.92. The third kappa shape index (κ3) is 6.38. The molecular weight excluding hydrogens is 288 g/mol. The average Bonchev–Trinajstić information content (AvgIpc) is 2.45. The molecule has 0 heterocycles. The number of rotatable bonds is 10. The number of methoxy groups -OCH3 is 1. The first kappa shape index (κ1) is 17.8. The van der Waals surface area contributed by atoms with E-state index >= 15 is 0 Å². The Balaban J connectivity index is 2.59. The van der Waals surface area contributed by atoms with E-state index in [9.17, 15) is 0 Å². The molecule has 0 aromatic heterocycles. The van der Waals surface area contributed by atoms with Gasteiger partial charge >= 0.3 is 0 Å². The van der Waals surface area contributed by atoms with Crippen LogP contribution in [0.5, 0.6) is 11.5 Å². The first-order valence-electron chi connectivity index (χ1n) is 7.04. The summed E-state index contributed by atoms with van der Waals surface area (Å²) in [4.78, 5) is 2.17. The molecule has 0 spiro atoms. The van der Waals surface area contributed by atoms with Gasteiger partial charge in [-0.15, -0.1) is 0 Å². The second-order valence-electron chi connectivity index (χ2n) is 5.04. The predicted molar refractivity (Wildman–Crippen MR) is 88.6 cm³/mol. The summed E-state index contributed by atoms with van der Waals surface area (Å²) in [5, 5.41) is 3.96. The lowest BCUT2D eigenvalue weighted by Crippen LogP contribution is -2.21. The zero-order valence-electron chi connectivity index (χ0n) is 13.1. The van der Waals surface area contributed by atoms with Crippen molar-refractivity contribution in [1.82, 2.24) is 10.2 Å². The second kappa shape index (κ2) is 9.66. The minimum Gasteiger partial charge on any atom is -0.493 e. The quantitative estimate of drug-likeness (QED) is 0.532. The normalized spacial score (nSPS) is 10.7. The average molecular weight is 313 g/mol. The minimum atomic E-state index is 0.401. The lowest BCUT2D eigenvalue weighted by atomic mass is 10.2. The van der Waals surface area contributed by atoms with Crippen LogP contribution in [0.25, 0.3) is 0 Å². The Morgan fingerprint density at radius 1 is 1.38 bits per heavy atom. The molecule has 0 radical (unpaired) electrons. The van der Waals surface area contributed by atoms with Crippen LogP contribution in [-0.2, 0) is 6.54 Å². The van der Waals surface area contributed by atoms with Crippen molar-refractivity contribution in [3.8, 4) is 11.5 Å². The van der Waals surface area contributed by atoms with Gasteiger partial charge in [-0.05, 0) is 51.3 Å². The fourth-order valence-corrected chi connectivity index (χ4v) is 2.20. The van der Waals surface area contributed by atoms with E-state index in [1.165, 1.54) is 0 Å². The molecule has 4 nitrogen and oxygen atoms in total. The van der Waals surface area contributed by atoms with Crippen LogP contribution in [0.15, 0.2) is 24.8 Å². The maximum Gasteiger partial charge on any atom is 0.180 e. The van der Waals surface area contributed by atoms with Gasteiger partial charge in [0.05, 0.1) is 12.1 Å². The summed E-state index contributed by atoms with van der Waals surface area (Å²) in [7, 11) is 5.76. The molecule has 1 aromatic rings. The third-order valence-corrected chi connectivity index (χ3v) is 3.20. The molecule has 0 saturated heterocycles. The Bertz CT molecular complexity index is 450. The van der Waals surface area contributed by atoms with Gasteiger partial charge in [0.2, 0.25) is 0 Å². The Kier molecular flexibility index (Phi) is 8.20. The van der Waals surface area contributed by atoms with Crippen LogP contribution >= 0.6 is 11.6 Å². The van der Waals surface area contributed by atoms with E-state index < -0.39 is 0 Å². The fraction of sp³-hybridized carbons (Fsp3) is 0.500. The smallest absolute Gasteiger partial charge is 0.180 e. The van der Waals surface area contributed by atoms with E-state index in [4.69, 9.17) is 21.1 Å². The number of halogens is 1. The van der Waals surface area contributed by atoms with Gasteiger partial charge in [0.1, 0.15) is 6.61 Å². The molecule has 0 aliphatic heterocycles. The lowest BCUT2D eigenvalue weighted by molar-refractivity contribution is 0.326. The molecule has 5 heteroatoms. The molecule has 0 aliphatic carbocycles. The molecule has 0 atom stereocenters. The van der Waals surface area contributed by atoms with Crippen molar-refractivity contribution in [1.29, 1.82) is 0 Å². The van der Waals surface area contributed by atoms with Gasteiger partial charge in [-0.3, -0.25) is 0 Å². The summed E-state index contributed by atoms with van der Waals surface area (Å²) in [5.74, 6) is 1.21. The molecule has 0 fully saturated rings. The molecule has 21 heavy (non-hydrogen) atoms. The van der Waals surface area contributed by atoms with E-state index in [2.05, 4.69) is 30.9 Å². The largest absolute Gasteiger partial charge is 0.493 e. The Morgan fingerprint density at radius 2 is 2.14 bits per heavy atom. The van der Waals surface area contributed by atoms with Crippen LogP contribution in [0.2, 0.25) is 5.02 Å². The van der Waals surface area contributed by atoms with Crippen LogP contribution in [0.1, 0.15) is 12.0 Å². The van der Waals surface area contributed by atoms with E-state index in [1.54, 1.807) is 13.2 Å². The number of nitrogens with zero attached hydrogens (tertiary/aromatic N) is 1. The van der Waals surface area contributed by atoms with Gasteiger partial charge in [0.25, 0.3) is 0 Å². The highest BCUT2D eigenvalue weighted by molar-refractivity contribution is 6.32. The number of hydrogen-bond acceptors (Lipinski definition) is 4. The molecule has 1 N–H and O–H groups in total. The van der Waals surface area contributed by atoms with Crippen molar-refractivity contribution < 1.29 is 9.47 Å². The lowest BCUT2D eigenvalue weighted by Gasteiger charge is -2.14. The summed E-state index contributed by atoms with van der Waals surface area (Å²) in [6, 6.07) is 3.85. The minimum absolute atomic E-state index is 0.401. The van der Waals surface area contributed by atoms with Crippen molar-refractivity contribution in [3.05, 3.63) is 35.4 Å². The maximum atomic E-state index is 6.26. The number of benzene rings is 1. The molecule has 0 amide bonds. The van der Waals surface area contributed by atoms with Gasteiger partial charge < -0.3 is 19.7 Å². The van der Waals surface area contributed by atoms with Gasteiger partial charge in [0.15, 0.2) is 11.5 Å². The molecule has 0 bridgehead atoms. The molecular formula is C16H25ClN2O2. The standard InChI is InChI=1S/C16H25ClN2O2/c1-5-9-21-16-14(17)10-13(11-15(16)20-4)12-18-7-6-8-19(2)3/h5,10-11,18H,1,6-9,12H2,2-4H3. The molecule has 0 unspecified atom stereocenters. The summed E-state index contributed by atoms with van der Waals surface area (Å²) in [6.45, 7) is 6.82. The first-order valence-corrected chi connectivity index (χ1v) is 7.41. The second-order valence-corrected chi connectivity index (χ2v) is 5.45. The number of ether oxygens (including phenoxy) is 2. The summed E-state index contributed by atoms with van der Waals surface area (Å²) in [5.41, 5.74) is 1.08. The zero-order valence-corrected chi connectivity index (χ0v) is 13.9. The zero-order chi connectivity index (χ0) is 15.7. The topological polar surface area (TPSA) is 33.7 Å². The number of nitrogens with one attached hydrogen (secondary N) is 1. The van der Waals surface area contributed by atoms with Crippen LogP contribution in [0.4, 0.5) is 0 Å². The first-order chi connectivity index (χ1) is 10.1. The van der Waals surface area contributed by atoms with Crippen LogP contribution in [0, 0.1) is 0 Å². The Morgan fingerprint density at radius 3 is 2.76 bits per heavy atom. The van der Waals surface area contributed by atoms with Crippen molar-refractivity contribution in [3.63, 3.8) is 0 Å². The Labute approximate surface area is 132 Å². The predicted octanol–water partition coefficient (Wildman–Crippen LogP) is 2.95. The van der Waals surface area contributed by atoms with E-state index in [1.807, 2.05) is 12.1 Å². The van der Waals surface area contributed by atoms with E-state index in [0.29, 0.717) is 23.1 Å². The SMILES string of the molecule is C=CCOc1c(Cl)cc(CNCCCN(C)C)cc1OC. The highest BCUT2D eigenvalue weighted by Gasteiger charge is 2.11. The molecule has 0 saturated carbocycles. The van der Waals surface area contributed by atoms with E-state index in [0.717, 1.165) is 31.6 Å². The highest BCUT2D eigenvalue weighted by Crippen LogP contribution is 2.36. The van der Waals surface area contributed by atoms with Crippen molar-refractivity contribution in [2.24, 2.45) is 0 Å². The molecule has 0 aliphatic rings. The van der Waals surface area contributed by atoms with Crippen LogP contribution < -0.4 is 14.8 Å². The summed E-state index contributed by atoms with van der Waals surface area (Å²) < 4.78 is 10.9. The maximum absolute atomic E-state index is 6.26. The van der Waals surface area contributed by atoms with Crippen molar-refractivity contribution in [2.45, 2.75) is 13.0 Å². The monoisotopic (exact) mass is 312 g/mol. The van der Waals surface area contributed by atoms with Gasteiger partial charge in [0, 0.05) is 6.54 Å². The molecule has 1 rings (SSSR count). The summed E-state index contributed by atoms with van der Waals surface area (Å²) in [6.07, 6.45) is 2.79. The van der Waals surface area contributed by atoms with E-state index in [-0.39, 0.29) is 0 Å². The fourth-order valence-electron chi connectivity index (χ4n) is 1.91. The summed E-state index contributed by atoms with van der Waals surface area (Å²) >= 11 is 6.26. The van der Waals surface area contributed by atoms with Gasteiger partial charge in [-0.2, -0.15) is 0 Å². The van der Waals surface area contributed by atoms with Crippen LogP contribution in [-0.4, -0.2) is 45.8 Å². The van der Waals surface area contributed by atoms with Gasteiger partial charge in [-0.1, -0.05) is 24.3 Å². The molecule has 118 valence electrons. The van der Waals surface area contributed by atoms with Crippen LogP contribution in [0.3, 0.4) is 0 Å². The highest BCUT2D eigenvalue weighted by atomic mass is 35.5.